The Bertz CT molecular complexity index is 729. The van der Waals surface area contributed by atoms with E-state index in [1.807, 2.05) is 0 Å². The first-order chi connectivity index (χ1) is 21.5. The lowest BCUT2D eigenvalue weighted by Gasteiger charge is -2.18. The molecule has 0 heterocycles. The molecule has 256 valence electrons. The van der Waals surface area contributed by atoms with Gasteiger partial charge in [-0.05, 0) is 57.8 Å². The van der Waals surface area contributed by atoms with E-state index in [9.17, 15) is 14.4 Å². The van der Waals surface area contributed by atoms with E-state index in [0.717, 1.165) is 89.9 Å². The van der Waals surface area contributed by atoms with Gasteiger partial charge < -0.3 is 14.2 Å². The molecule has 0 rings (SSSR count). The summed E-state index contributed by atoms with van der Waals surface area (Å²) in [4.78, 5) is 37.1. The van der Waals surface area contributed by atoms with Crippen LogP contribution in [-0.2, 0) is 28.6 Å². The summed E-state index contributed by atoms with van der Waals surface area (Å²) in [7, 11) is 0. The zero-order valence-corrected chi connectivity index (χ0v) is 28.9. The summed E-state index contributed by atoms with van der Waals surface area (Å²) >= 11 is 0. The van der Waals surface area contributed by atoms with E-state index in [4.69, 9.17) is 14.2 Å². The van der Waals surface area contributed by atoms with Crippen molar-refractivity contribution in [1.29, 1.82) is 0 Å². The first-order valence-corrected chi connectivity index (χ1v) is 18.3. The van der Waals surface area contributed by atoms with Gasteiger partial charge in [-0.2, -0.15) is 0 Å². The summed E-state index contributed by atoms with van der Waals surface area (Å²) in [5.74, 6) is -0.920. The zero-order chi connectivity index (χ0) is 32.4. The SMILES string of the molecule is CCC/C=C\CCCCCCCC(=O)OC(COC(=O)CCCCCCC)COC(=O)CCCCCCC/C=C\CCCC. The van der Waals surface area contributed by atoms with Crippen LogP contribution >= 0.6 is 0 Å². The van der Waals surface area contributed by atoms with Crippen LogP contribution in [0.3, 0.4) is 0 Å². The third kappa shape index (κ3) is 31.3. The minimum Gasteiger partial charge on any atom is -0.462 e. The molecule has 0 aliphatic heterocycles. The van der Waals surface area contributed by atoms with Gasteiger partial charge in [-0.15, -0.1) is 0 Å². The molecule has 1 atom stereocenters. The number of carbonyl (C=O) groups excluding carboxylic acids is 3. The van der Waals surface area contributed by atoms with Gasteiger partial charge in [-0.25, -0.2) is 0 Å². The summed E-state index contributed by atoms with van der Waals surface area (Å²) in [6, 6.07) is 0. The molecule has 0 N–H and O–H groups in total. The molecule has 0 amide bonds. The molecule has 0 aliphatic carbocycles. The fourth-order valence-corrected chi connectivity index (χ4v) is 4.83. The molecular weight excluding hydrogens is 552 g/mol. The number of ether oxygens (including phenoxy) is 3. The van der Waals surface area contributed by atoms with Crippen molar-refractivity contribution in [2.45, 2.75) is 187 Å². The third-order valence-electron chi connectivity index (χ3n) is 7.66. The Morgan fingerprint density at radius 2 is 0.818 bits per heavy atom. The highest BCUT2D eigenvalue weighted by molar-refractivity contribution is 5.71. The molecule has 0 aromatic carbocycles. The maximum atomic E-state index is 12.5. The Morgan fingerprint density at radius 3 is 1.30 bits per heavy atom. The van der Waals surface area contributed by atoms with E-state index in [2.05, 4.69) is 45.1 Å². The summed E-state index contributed by atoms with van der Waals surface area (Å²) in [5.41, 5.74) is 0. The molecule has 6 heteroatoms. The molecule has 0 radical (unpaired) electrons. The zero-order valence-electron chi connectivity index (χ0n) is 28.9. The van der Waals surface area contributed by atoms with Crippen LogP contribution in [0.4, 0.5) is 0 Å². The van der Waals surface area contributed by atoms with Crippen molar-refractivity contribution in [3.05, 3.63) is 24.3 Å². The van der Waals surface area contributed by atoms with E-state index >= 15 is 0 Å². The smallest absolute Gasteiger partial charge is 0.306 e. The van der Waals surface area contributed by atoms with Crippen molar-refractivity contribution in [2.24, 2.45) is 0 Å². The minimum atomic E-state index is -0.768. The van der Waals surface area contributed by atoms with Crippen LogP contribution in [0, 0.1) is 0 Å². The molecule has 0 aliphatic rings. The monoisotopic (exact) mass is 621 g/mol. The number of unbranched alkanes of at least 4 members (excludes halogenated alkanes) is 17. The molecule has 6 nitrogen and oxygen atoms in total. The molecule has 0 spiro atoms. The fraction of sp³-hybridized carbons (Fsp3) is 0.816. The molecule has 0 aromatic heterocycles. The standard InChI is InChI=1S/C38H68O6/c1-4-7-10-13-15-17-19-21-22-25-28-31-37(40)43-34-35(33-42-36(39)30-27-24-12-9-6-3)44-38(41)32-29-26-23-20-18-16-14-11-8-5-2/h11,13-15,35H,4-10,12,16-34H2,1-3H3/b14-11-,15-13-. The van der Waals surface area contributed by atoms with Crippen molar-refractivity contribution in [3.8, 4) is 0 Å². The third-order valence-corrected chi connectivity index (χ3v) is 7.66. The second-order valence-corrected chi connectivity index (χ2v) is 12.1. The maximum absolute atomic E-state index is 12.5. The van der Waals surface area contributed by atoms with Crippen LogP contribution in [-0.4, -0.2) is 37.2 Å². The number of allylic oxidation sites excluding steroid dienone is 4. The lowest BCUT2D eigenvalue weighted by molar-refractivity contribution is -0.167. The van der Waals surface area contributed by atoms with Gasteiger partial charge in [0.1, 0.15) is 13.2 Å². The molecule has 0 fully saturated rings. The lowest BCUT2D eigenvalue weighted by Crippen LogP contribution is -2.30. The summed E-state index contributed by atoms with van der Waals surface area (Å²) in [6.45, 7) is 6.40. The van der Waals surface area contributed by atoms with E-state index in [0.29, 0.717) is 19.3 Å². The quantitative estimate of drug-likeness (QED) is 0.0322. The largest absolute Gasteiger partial charge is 0.462 e. The second kappa shape index (κ2) is 33.8. The Hall–Kier alpha value is -2.11. The average Bonchev–Trinajstić information content (AvgIpc) is 3.02. The summed E-state index contributed by atoms with van der Waals surface area (Å²) in [5, 5.41) is 0. The van der Waals surface area contributed by atoms with Gasteiger partial charge >= 0.3 is 17.9 Å². The van der Waals surface area contributed by atoms with Gasteiger partial charge in [0.05, 0.1) is 0 Å². The molecule has 44 heavy (non-hydrogen) atoms. The van der Waals surface area contributed by atoms with Crippen LogP contribution in [0.5, 0.6) is 0 Å². The normalized spacial score (nSPS) is 12.2. The van der Waals surface area contributed by atoms with Crippen molar-refractivity contribution in [3.63, 3.8) is 0 Å². The summed E-state index contributed by atoms with van der Waals surface area (Å²) < 4.78 is 16.4. The number of carbonyl (C=O) groups is 3. The van der Waals surface area contributed by atoms with Crippen LogP contribution in [0.1, 0.15) is 181 Å². The van der Waals surface area contributed by atoms with E-state index < -0.39 is 6.10 Å². The van der Waals surface area contributed by atoms with Crippen LogP contribution in [0.2, 0.25) is 0 Å². The molecule has 0 aromatic rings. The number of hydrogen-bond acceptors (Lipinski definition) is 6. The van der Waals surface area contributed by atoms with Crippen molar-refractivity contribution in [1.82, 2.24) is 0 Å². The van der Waals surface area contributed by atoms with Crippen LogP contribution < -0.4 is 0 Å². The number of rotatable bonds is 32. The van der Waals surface area contributed by atoms with Gasteiger partial charge in [-0.1, -0.05) is 129 Å². The van der Waals surface area contributed by atoms with Crippen molar-refractivity contribution in [2.75, 3.05) is 13.2 Å². The Morgan fingerprint density at radius 1 is 0.432 bits per heavy atom. The summed E-state index contributed by atoms with van der Waals surface area (Å²) in [6.07, 6.45) is 33.3. The van der Waals surface area contributed by atoms with Gasteiger partial charge in [0.2, 0.25) is 0 Å². The van der Waals surface area contributed by atoms with Crippen molar-refractivity contribution >= 4 is 17.9 Å². The highest BCUT2D eigenvalue weighted by Gasteiger charge is 2.19. The first-order valence-electron chi connectivity index (χ1n) is 18.3. The van der Waals surface area contributed by atoms with Crippen molar-refractivity contribution < 1.29 is 28.6 Å². The van der Waals surface area contributed by atoms with E-state index in [-0.39, 0.29) is 31.1 Å². The Balaban J connectivity index is 4.33. The molecule has 0 bridgehead atoms. The average molecular weight is 621 g/mol. The molecule has 1 unspecified atom stereocenters. The van der Waals surface area contributed by atoms with Gasteiger partial charge in [0.25, 0.3) is 0 Å². The highest BCUT2D eigenvalue weighted by Crippen LogP contribution is 2.12. The molecule has 0 saturated heterocycles. The first kappa shape index (κ1) is 41.9. The molecule has 0 saturated carbocycles. The van der Waals surface area contributed by atoms with Gasteiger partial charge in [0, 0.05) is 19.3 Å². The molecular formula is C38H68O6. The maximum Gasteiger partial charge on any atom is 0.306 e. The second-order valence-electron chi connectivity index (χ2n) is 12.1. The highest BCUT2D eigenvalue weighted by atomic mass is 16.6. The lowest BCUT2D eigenvalue weighted by atomic mass is 10.1. The van der Waals surface area contributed by atoms with Gasteiger partial charge in [-0.3, -0.25) is 14.4 Å². The topological polar surface area (TPSA) is 78.9 Å². The Kier molecular flexibility index (Phi) is 32.2. The predicted molar refractivity (Wildman–Crippen MR) is 183 cm³/mol. The van der Waals surface area contributed by atoms with Crippen LogP contribution in [0.25, 0.3) is 0 Å². The van der Waals surface area contributed by atoms with Gasteiger partial charge in [0.15, 0.2) is 6.10 Å². The van der Waals surface area contributed by atoms with E-state index in [1.54, 1.807) is 0 Å². The van der Waals surface area contributed by atoms with Crippen LogP contribution in [0.15, 0.2) is 24.3 Å². The Labute approximate surface area is 271 Å². The fourth-order valence-electron chi connectivity index (χ4n) is 4.83. The number of esters is 3. The minimum absolute atomic E-state index is 0.0781. The number of hydrogen-bond donors (Lipinski definition) is 0. The predicted octanol–water partition coefficient (Wildman–Crippen LogP) is 10.9. The van der Waals surface area contributed by atoms with E-state index in [1.165, 1.54) is 51.4 Å².